The molecule has 2 atom stereocenters. The van der Waals surface area contributed by atoms with Crippen molar-refractivity contribution in [2.24, 2.45) is 29.4 Å². The molecule has 0 aromatic heterocycles. The van der Waals surface area contributed by atoms with Gasteiger partial charge in [-0.15, -0.1) is 0 Å². The summed E-state index contributed by atoms with van der Waals surface area (Å²) in [6.45, 7) is 5.96. The predicted octanol–water partition coefficient (Wildman–Crippen LogP) is 3.39. The zero-order valence-corrected chi connectivity index (χ0v) is 15.1. The second kappa shape index (κ2) is 7.67. The molecular weight excluding hydrogens is 288 g/mol. The minimum atomic E-state index is -0.307. The van der Waals surface area contributed by atoms with Gasteiger partial charge in [-0.3, -0.25) is 9.59 Å². The van der Waals surface area contributed by atoms with Gasteiger partial charge in [0.25, 0.3) is 0 Å². The summed E-state index contributed by atoms with van der Waals surface area (Å²) in [5, 5.41) is 3.09. The van der Waals surface area contributed by atoms with E-state index in [1.54, 1.807) is 0 Å². The van der Waals surface area contributed by atoms with Crippen molar-refractivity contribution >= 4 is 11.8 Å². The number of nitrogens with two attached hydrogens (primary N) is 1. The van der Waals surface area contributed by atoms with Crippen LogP contribution in [0.15, 0.2) is 0 Å². The van der Waals surface area contributed by atoms with E-state index in [0.717, 1.165) is 25.2 Å². The van der Waals surface area contributed by atoms with E-state index in [9.17, 15) is 9.59 Å². The number of hydrogen-bond acceptors (Lipinski definition) is 2. The zero-order valence-electron chi connectivity index (χ0n) is 15.1. The van der Waals surface area contributed by atoms with Crippen LogP contribution in [-0.2, 0) is 9.59 Å². The van der Waals surface area contributed by atoms with Gasteiger partial charge in [0, 0.05) is 17.4 Å². The Labute approximate surface area is 141 Å². The molecule has 0 spiro atoms. The molecule has 2 aliphatic carbocycles. The lowest BCUT2D eigenvalue weighted by Crippen LogP contribution is -2.48. The van der Waals surface area contributed by atoms with Crippen LogP contribution in [0.25, 0.3) is 0 Å². The molecule has 0 radical (unpaired) electrons. The van der Waals surface area contributed by atoms with E-state index in [1.807, 2.05) is 20.8 Å². The smallest absolute Gasteiger partial charge is 0.224 e. The summed E-state index contributed by atoms with van der Waals surface area (Å²) in [4.78, 5) is 24.9. The van der Waals surface area contributed by atoms with Crippen molar-refractivity contribution in [3.63, 3.8) is 0 Å². The summed E-state index contributed by atoms with van der Waals surface area (Å²) < 4.78 is 0. The van der Waals surface area contributed by atoms with Crippen LogP contribution in [0.1, 0.15) is 78.6 Å². The van der Waals surface area contributed by atoms with Crippen molar-refractivity contribution in [2.75, 3.05) is 0 Å². The fraction of sp³-hybridized carbons (Fsp3) is 0.895. The standard InChI is InChI=1S/C19H34N2O2/c1-19(2,3)21-18(23)16(12-14-6-4-5-7-14)15(17(20)22)11-10-13-8-9-13/h13-16H,4-12H2,1-3H3,(H2,20,22)(H,21,23)/t15-,16?/m0/s1. The molecular formula is C19H34N2O2. The lowest BCUT2D eigenvalue weighted by atomic mass is 9.79. The largest absolute Gasteiger partial charge is 0.369 e. The van der Waals surface area contributed by atoms with E-state index >= 15 is 0 Å². The molecule has 0 aliphatic heterocycles. The van der Waals surface area contributed by atoms with E-state index < -0.39 is 0 Å². The van der Waals surface area contributed by atoms with Crippen LogP contribution < -0.4 is 11.1 Å². The van der Waals surface area contributed by atoms with Gasteiger partial charge in [-0.05, 0) is 51.9 Å². The highest BCUT2D eigenvalue weighted by Gasteiger charge is 2.37. The number of rotatable bonds is 8. The van der Waals surface area contributed by atoms with Crippen molar-refractivity contribution in [3.05, 3.63) is 0 Å². The number of hydrogen-bond donors (Lipinski definition) is 2. The van der Waals surface area contributed by atoms with Crippen LogP contribution >= 0.6 is 0 Å². The quantitative estimate of drug-likeness (QED) is 0.719. The van der Waals surface area contributed by atoms with Gasteiger partial charge in [0.05, 0.1) is 0 Å². The molecule has 0 heterocycles. The fourth-order valence-corrected chi connectivity index (χ4v) is 3.89. The number of amides is 2. The third-order valence-electron chi connectivity index (χ3n) is 5.33. The minimum Gasteiger partial charge on any atom is -0.369 e. The average molecular weight is 322 g/mol. The second-order valence-electron chi connectivity index (χ2n) is 8.76. The van der Waals surface area contributed by atoms with Gasteiger partial charge in [0.2, 0.25) is 11.8 Å². The van der Waals surface area contributed by atoms with E-state index in [1.165, 1.54) is 38.5 Å². The summed E-state index contributed by atoms with van der Waals surface area (Å²) in [7, 11) is 0. The van der Waals surface area contributed by atoms with E-state index in [2.05, 4.69) is 5.32 Å². The summed E-state index contributed by atoms with van der Waals surface area (Å²) in [6.07, 6.45) is 10.1. The lowest BCUT2D eigenvalue weighted by Gasteiger charge is -2.30. The molecule has 3 N–H and O–H groups in total. The molecule has 2 saturated carbocycles. The van der Waals surface area contributed by atoms with Crippen LogP contribution in [0.5, 0.6) is 0 Å². The number of nitrogens with one attached hydrogen (secondary N) is 1. The Bertz CT molecular complexity index is 418. The maximum atomic E-state index is 12.8. The molecule has 2 fully saturated rings. The molecule has 23 heavy (non-hydrogen) atoms. The Morgan fingerprint density at radius 2 is 1.65 bits per heavy atom. The van der Waals surface area contributed by atoms with Crippen molar-refractivity contribution in [1.82, 2.24) is 5.32 Å². The molecule has 4 heteroatoms. The first-order chi connectivity index (χ1) is 10.8. The predicted molar refractivity (Wildman–Crippen MR) is 92.6 cm³/mol. The highest BCUT2D eigenvalue weighted by Crippen LogP contribution is 2.38. The van der Waals surface area contributed by atoms with Gasteiger partial charge in [-0.25, -0.2) is 0 Å². The molecule has 132 valence electrons. The third-order valence-corrected chi connectivity index (χ3v) is 5.33. The van der Waals surface area contributed by atoms with Crippen LogP contribution in [0.2, 0.25) is 0 Å². The number of carbonyl (C=O) groups excluding carboxylic acids is 2. The van der Waals surface area contributed by atoms with Gasteiger partial charge >= 0.3 is 0 Å². The van der Waals surface area contributed by atoms with Crippen LogP contribution in [-0.4, -0.2) is 17.4 Å². The molecule has 0 saturated heterocycles. The molecule has 1 unspecified atom stereocenters. The Kier molecular flexibility index (Phi) is 6.10. The van der Waals surface area contributed by atoms with Crippen molar-refractivity contribution < 1.29 is 9.59 Å². The van der Waals surface area contributed by atoms with Crippen LogP contribution in [0.3, 0.4) is 0 Å². The Morgan fingerprint density at radius 1 is 1.04 bits per heavy atom. The normalized spacial score (nSPS) is 21.9. The first-order valence-electron chi connectivity index (χ1n) is 9.37. The van der Waals surface area contributed by atoms with Gasteiger partial charge in [0.1, 0.15) is 0 Å². The van der Waals surface area contributed by atoms with Gasteiger partial charge < -0.3 is 11.1 Å². The highest BCUT2D eigenvalue weighted by atomic mass is 16.2. The molecule has 2 amide bonds. The Morgan fingerprint density at radius 3 is 2.13 bits per heavy atom. The second-order valence-corrected chi connectivity index (χ2v) is 8.76. The van der Waals surface area contributed by atoms with Crippen molar-refractivity contribution in [1.29, 1.82) is 0 Å². The van der Waals surface area contributed by atoms with Gasteiger partial charge in [-0.2, -0.15) is 0 Å². The molecule has 0 bridgehead atoms. The third kappa shape index (κ3) is 6.15. The Balaban J connectivity index is 2.06. The van der Waals surface area contributed by atoms with Crippen molar-refractivity contribution in [3.8, 4) is 0 Å². The monoisotopic (exact) mass is 322 g/mol. The average Bonchev–Trinajstić information content (AvgIpc) is 3.10. The van der Waals surface area contributed by atoms with E-state index in [-0.39, 0.29) is 29.2 Å². The summed E-state index contributed by atoms with van der Waals surface area (Å²) >= 11 is 0. The Hall–Kier alpha value is -1.06. The van der Waals surface area contributed by atoms with E-state index in [4.69, 9.17) is 5.73 Å². The van der Waals surface area contributed by atoms with Gasteiger partial charge in [0.15, 0.2) is 0 Å². The zero-order chi connectivity index (χ0) is 17.0. The first-order valence-corrected chi connectivity index (χ1v) is 9.37. The SMILES string of the molecule is CC(C)(C)NC(=O)C(CC1CCCC1)[C@H](CCC1CC1)C(N)=O. The maximum absolute atomic E-state index is 12.8. The van der Waals surface area contributed by atoms with Crippen LogP contribution in [0.4, 0.5) is 0 Å². The molecule has 0 aromatic carbocycles. The summed E-state index contributed by atoms with van der Waals surface area (Å²) in [5.74, 6) is 0.497. The van der Waals surface area contributed by atoms with Crippen molar-refractivity contribution in [2.45, 2.75) is 84.1 Å². The molecule has 0 aromatic rings. The molecule has 4 nitrogen and oxygen atoms in total. The fourth-order valence-electron chi connectivity index (χ4n) is 3.89. The summed E-state index contributed by atoms with van der Waals surface area (Å²) in [5.41, 5.74) is 5.43. The van der Waals surface area contributed by atoms with Gasteiger partial charge in [-0.1, -0.05) is 38.5 Å². The molecule has 2 aliphatic rings. The highest BCUT2D eigenvalue weighted by molar-refractivity contribution is 5.87. The summed E-state index contributed by atoms with van der Waals surface area (Å²) in [6, 6.07) is 0. The number of primary amides is 1. The topological polar surface area (TPSA) is 72.2 Å². The van der Waals surface area contributed by atoms with E-state index in [0.29, 0.717) is 5.92 Å². The lowest BCUT2D eigenvalue weighted by molar-refractivity contribution is -0.135. The molecule has 2 rings (SSSR count). The maximum Gasteiger partial charge on any atom is 0.224 e. The minimum absolute atomic E-state index is 0.0176. The first kappa shape index (κ1) is 18.3. The van der Waals surface area contributed by atoms with Crippen LogP contribution in [0, 0.1) is 23.7 Å². The number of carbonyl (C=O) groups is 2.